The Morgan fingerprint density at radius 2 is 1.85 bits per heavy atom. The number of halogens is 2. The number of ether oxygens (including phenoxy) is 1. The van der Waals surface area contributed by atoms with Crippen LogP contribution in [0.15, 0.2) is 30.3 Å². The zero-order valence-corrected chi connectivity index (χ0v) is 21.0. The number of nitrogens with one attached hydrogen (secondary N) is 2. The SMILES string of the molecule is Cc1cc(OCCCc2c(C(=O)NS(=O)(=O)CC(C)N)[nH]c3cc(Cl)ccc23)cc(C)c1Cl. The molecule has 33 heavy (non-hydrogen) atoms. The Morgan fingerprint density at radius 3 is 2.48 bits per heavy atom. The number of carbonyl (C=O) groups excluding carboxylic acids is 1. The molecule has 2 aromatic carbocycles. The van der Waals surface area contributed by atoms with Gasteiger partial charge in [0.2, 0.25) is 10.0 Å². The summed E-state index contributed by atoms with van der Waals surface area (Å²) in [5, 5.41) is 2.02. The van der Waals surface area contributed by atoms with Crippen molar-refractivity contribution in [2.24, 2.45) is 5.73 Å². The fourth-order valence-electron chi connectivity index (χ4n) is 3.69. The van der Waals surface area contributed by atoms with Crippen molar-refractivity contribution in [1.82, 2.24) is 9.71 Å². The highest BCUT2D eigenvalue weighted by Gasteiger charge is 2.23. The number of fused-ring (bicyclic) bond motifs is 1. The molecular formula is C23H27Cl2N3O4S. The summed E-state index contributed by atoms with van der Waals surface area (Å²) < 4.78 is 32.4. The molecule has 7 nitrogen and oxygen atoms in total. The van der Waals surface area contributed by atoms with E-state index in [-0.39, 0.29) is 11.4 Å². The van der Waals surface area contributed by atoms with Gasteiger partial charge in [-0.3, -0.25) is 4.79 Å². The van der Waals surface area contributed by atoms with Gasteiger partial charge in [-0.15, -0.1) is 0 Å². The summed E-state index contributed by atoms with van der Waals surface area (Å²) in [4.78, 5) is 15.9. The van der Waals surface area contributed by atoms with Crippen molar-refractivity contribution in [2.75, 3.05) is 12.4 Å². The molecule has 0 fully saturated rings. The number of sulfonamides is 1. The van der Waals surface area contributed by atoms with Gasteiger partial charge in [-0.25, -0.2) is 13.1 Å². The van der Waals surface area contributed by atoms with Crippen molar-refractivity contribution >= 4 is 50.0 Å². The van der Waals surface area contributed by atoms with Crippen LogP contribution in [0.1, 0.15) is 40.5 Å². The molecule has 0 spiro atoms. The highest BCUT2D eigenvalue weighted by Crippen LogP contribution is 2.28. The maximum Gasteiger partial charge on any atom is 0.281 e. The fraction of sp³-hybridized carbons (Fsp3) is 0.348. The van der Waals surface area contributed by atoms with Crippen LogP contribution in [-0.2, 0) is 16.4 Å². The van der Waals surface area contributed by atoms with Crippen molar-refractivity contribution in [1.29, 1.82) is 0 Å². The number of nitrogens with two attached hydrogens (primary N) is 1. The number of aromatic nitrogens is 1. The number of hydrogen-bond donors (Lipinski definition) is 3. The lowest BCUT2D eigenvalue weighted by atomic mass is 10.1. The smallest absolute Gasteiger partial charge is 0.281 e. The van der Waals surface area contributed by atoms with Gasteiger partial charge in [-0.05, 0) is 74.6 Å². The zero-order chi connectivity index (χ0) is 24.3. The number of carbonyl (C=O) groups is 1. The second-order valence-corrected chi connectivity index (χ2v) is 10.8. The van der Waals surface area contributed by atoms with Gasteiger partial charge in [0.1, 0.15) is 11.4 Å². The van der Waals surface area contributed by atoms with Crippen molar-refractivity contribution in [3.05, 3.63) is 62.8 Å². The lowest BCUT2D eigenvalue weighted by Gasteiger charge is -2.11. The largest absolute Gasteiger partial charge is 0.494 e. The predicted octanol–water partition coefficient (Wildman–Crippen LogP) is 4.51. The molecule has 1 atom stereocenters. The number of aromatic amines is 1. The summed E-state index contributed by atoms with van der Waals surface area (Å²) in [5.41, 5.74) is 8.98. The molecule has 0 aliphatic rings. The van der Waals surface area contributed by atoms with Gasteiger partial charge in [-0.1, -0.05) is 29.3 Å². The van der Waals surface area contributed by atoms with Crippen LogP contribution in [0.25, 0.3) is 10.9 Å². The van der Waals surface area contributed by atoms with Gasteiger partial charge in [0.25, 0.3) is 5.91 Å². The van der Waals surface area contributed by atoms with Gasteiger partial charge >= 0.3 is 0 Å². The molecule has 0 aliphatic carbocycles. The zero-order valence-electron chi connectivity index (χ0n) is 18.7. The third kappa shape index (κ3) is 6.41. The summed E-state index contributed by atoms with van der Waals surface area (Å²) in [5.74, 6) is -0.364. The maximum absolute atomic E-state index is 12.8. The average Bonchev–Trinajstić information content (AvgIpc) is 3.05. The molecule has 0 bridgehead atoms. The minimum Gasteiger partial charge on any atom is -0.494 e. The van der Waals surface area contributed by atoms with Crippen LogP contribution in [-0.4, -0.2) is 37.7 Å². The molecule has 1 heterocycles. The van der Waals surface area contributed by atoms with Crippen molar-refractivity contribution < 1.29 is 17.9 Å². The van der Waals surface area contributed by atoms with Crippen LogP contribution in [0.5, 0.6) is 5.75 Å². The van der Waals surface area contributed by atoms with E-state index in [1.807, 2.05) is 32.0 Å². The minimum atomic E-state index is -3.87. The van der Waals surface area contributed by atoms with E-state index in [9.17, 15) is 13.2 Å². The van der Waals surface area contributed by atoms with Crippen molar-refractivity contribution in [3.63, 3.8) is 0 Å². The van der Waals surface area contributed by atoms with E-state index in [4.69, 9.17) is 33.7 Å². The molecule has 0 saturated heterocycles. The minimum absolute atomic E-state index is 0.179. The van der Waals surface area contributed by atoms with E-state index in [1.54, 1.807) is 19.1 Å². The Hall–Kier alpha value is -2.26. The normalized spacial score (nSPS) is 12.7. The van der Waals surface area contributed by atoms with Gasteiger partial charge in [0.05, 0.1) is 12.4 Å². The Labute approximate surface area is 203 Å². The van der Waals surface area contributed by atoms with Crippen LogP contribution in [0, 0.1) is 13.8 Å². The Morgan fingerprint density at radius 1 is 1.18 bits per heavy atom. The summed E-state index contributed by atoms with van der Waals surface area (Å²) in [6.45, 7) is 5.81. The molecular weight excluding hydrogens is 485 g/mol. The second-order valence-electron chi connectivity index (χ2n) is 8.18. The molecule has 1 amide bonds. The Bertz CT molecular complexity index is 1260. The second kappa shape index (κ2) is 10.3. The van der Waals surface area contributed by atoms with E-state index in [0.29, 0.717) is 35.6 Å². The number of H-pyrrole nitrogens is 1. The molecule has 0 aliphatic heterocycles. The van der Waals surface area contributed by atoms with Crippen molar-refractivity contribution in [3.8, 4) is 5.75 Å². The van der Waals surface area contributed by atoms with E-state index >= 15 is 0 Å². The lowest BCUT2D eigenvalue weighted by molar-refractivity contribution is 0.0976. The molecule has 178 valence electrons. The van der Waals surface area contributed by atoms with Crippen LogP contribution in [0.4, 0.5) is 0 Å². The van der Waals surface area contributed by atoms with E-state index in [2.05, 4.69) is 9.71 Å². The predicted molar refractivity (Wildman–Crippen MR) is 133 cm³/mol. The third-order valence-electron chi connectivity index (χ3n) is 5.08. The molecule has 1 aromatic heterocycles. The number of aryl methyl sites for hydroxylation is 3. The number of amides is 1. The topological polar surface area (TPSA) is 114 Å². The number of hydrogen-bond acceptors (Lipinski definition) is 5. The monoisotopic (exact) mass is 511 g/mol. The van der Waals surface area contributed by atoms with Gasteiger partial charge in [-0.2, -0.15) is 0 Å². The van der Waals surface area contributed by atoms with E-state index in [0.717, 1.165) is 27.3 Å². The standard InChI is InChI=1S/C23H27Cl2N3O4S/c1-13-9-17(10-14(2)21(13)25)32-8-4-5-19-18-7-6-16(24)11-20(18)27-22(19)23(29)28-33(30,31)12-15(3)26/h6-7,9-11,15,27H,4-5,8,12,26H2,1-3H3,(H,28,29). The summed E-state index contributed by atoms with van der Waals surface area (Å²) >= 11 is 12.3. The summed E-state index contributed by atoms with van der Waals surface area (Å²) in [6, 6.07) is 8.39. The van der Waals surface area contributed by atoms with Crippen LogP contribution < -0.4 is 15.2 Å². The van der Waals surface area contributed by atoms with E-state index in [1.165, 1.54) is 0 Å². The number of benzene rings is 2. The third-order valence-corrected chi connectivity index (χ3v) is 7.37. The van der Waals surface area contributed by atoms with Crippen LogP contribution >= 0.6 is 23.2 Å². The molecule has 0 saturated carbocycles. The Kier molecular flexibility index (Phi) is 7.95. The van der Waals surface area contributed by atoms with Gasteiger partial charge in [0, 0.05) is 27.0 Å². The quantitative estimate of drug-likeness (QED) is 0.365. The Balaban J connectivity index is 1.79. The summed E-state index contributed by atoms with van der Waals surface area (Å²) in [6.07, 6.45) is 1.09. The molecule has 10 heteroatoms. The summed E-state index contributed by atoms with van der Waals surface area (Å²) in [7, 11) is -3.87. The molecule has 1 unspecified atom stereocenters. The maximum atomic E-state index is 12.8. The van der Waals surface area contributed by atoms with Crippen LogP contribution in [0.3, 0.4) is 0 Å². The number of rotatable bonds is 9. The fourth-order valence-corrected chi connectivity index (χ4v) is 5.13. The molecule has 0 radical (unpaired) electrons. The highest BCUT2D eigenvalue weighted by molar-refractivity contribution is 7.90. The highest BCUT2D eigenvalue weighted by atomic mass is 35.5. The van der Waals surface area contributed by atoms with Gasteiger partial charge in [0.15, 0.2) is 0 Å². The molecule has 4 N–H and O–H groups in total. The van der Waals surface area contributed by atoms with Crippen molar-refractivity contribution in [2.45, 2.75) is 39.7 Å². The molecule has 3 rings (SSSR count). The van der Waals surface area contributed by atoms with Gasteiger partial charge < -0.3 is 15.5 Å². The first-order chi connectivity index (χ1) is 15.5. The first-order valence-corrected chi connectivity index (χ1v) is 12.9. The first-order valence-electron chi connectivity index (χ1n) is 10.5. The average molecular weight is 512 g/mol. The van der Waals surface area contributed by atoms with Crippen LogP contribution in [0.2, 0.25) is 10.0 Å². The lowest BCUT2D eigenvalue weighted by Crippen LogP contribution is -2.38. The molecule has 3 aromatic rings. The van der Waals surface area contributed by atoms with E-state index < -0.39 is 22.0 Å². The first kappa shape index (κ1) is 25.4.